The van der Waals surface area contributed by atoms with Crippen LogP contribution in [-0.4, -0.2) is 0 Å². The van der Waals surface area contributed by atoms with E-state index in [1.165, 1.54) is 11.6 Å². The van der Waals surface area contributed by atoms with E-state index in [9.17, 15) is 4.39 Å². The Morgan fingerprint density at radius 2 is 1.85 bits per heavy atom. The number of fused-ring (bicyclic) bond motifs is 1. The zero-order chi connectivity index (χ0) is 14.1. The normalized spacial score (nSPS) is 12.8. The zero-order valence-electron chi connectivity index (χ0n) is 10.6. The van der Waals surface area contributed by atoms with E-state index < -0.39 is 0 Å². The molecule has 4 heteroatoms. The van der Waals surface area contributed by atoms with Gasteiger partial charge in [0.1, 0.15) is 5.82 Å². The lowest BCUT2D eigenvalue weighted by Crippen LogP contribution is -2.11. The van der Waals surface area contributed by atoms with Crippen molar-refractivity contribution in [3.05, 3.63) is 69.3 Å². The van der Waals surface area contributed by atoms with Crippen LogP contribution in [0.15, 0.2) is 53.0 Å². The lowest BCUT2D eigenvalue weighted by Gasteiger charge is -2.09. The fourth-order valence-corrected chi connectivity index (χ4v) is 3.54. The highest BCUT2D eigenvalue weighted by atomic mass is 79.9. The van der Waals surface area contributed by atoms with E-state index in [1.807, 2.05) is 12.1 Å². The number of halogens is 2. The van der Waals surface area contributed by atoms with Crippen LogP contribution in [0.3, 0.4) is 0 Å². The largest absolute Gasteiger partial charge is 0.323 e. The maximum absolute atomic E-state index is 13.2. The molecule has 102 valence electrons. The van der Waals surface area contributed by atoms with E-state index in [2.05, 4.69) is 34.1 Å². The molecule has 1 heterocycles. The summed E-state index contributed by atoms with van der Waals surface area (Å²) < 4.78 is 15.2. The lowest BCUT2D eigenvalue weighted by molar-refractivity contribution is 0.630. The summed E-state index contributed by atoms with van der Waals surface area (Å²) in [5.41, 5.74) is 7.47. The Labute approximate surface area is 129 Å². The molecule has 20 heavy (non-hydrogen) atoms. The van der Waals surface area contributed by atoms with Gasteiger partial charge in [0.15, 0.2) is 0 Å². The Morgan fingerprint density at radius 1 is 1.10 bits per heavy atom. The van der Waals surface area contributed by atoms with Crippen LogP contribution in [0.1, 0.15) is 16.5 Å². The van der Waals surface area contributed by atoms with Crippen molar-refractivity contribution in [2.45, 2.75) is 12.5 Å². The van der Waals surface area contributed by atoms with Crippen LogP contribution in [0.2, 0.25) is 0 Å². The Morgan fingerprint density at radius 3 is 2.60 bits per heavy atom. The maximum atomic E-state index is 13.2. The van der Waals surface area contributed by atoms with Gasteiger partial charge in [0.05, 0.1) is 0 Å². The summed E-state index contributed by atoms with van der Waals surface area (Å²) in [7, 11) is 0. The van der Waals surface area contributed by atoms with Crippen LogP contribution in [0, 0.1) is 5.82 Å². The topological polar surface area (TPSA) is 26.0 Å². The van der Waals surface area contributed by atoms with E-state index in [0.717, 1.165) is 25.9 Å². The minimum Gasteiger partial charge on any atom is -0.323 e. The smallest absolute Gasteiger partial charge is 0.124 e. The molecule has 0 bridgehead atoms. The molecule has 2 N–H and O–H groups in total. The molecule has 1 unspecified atom stereocenters. The van der Waals surface area contributed by atoms with Gasteiger partial charge in [-0.25, -0.2) is 4.39 Å². The molecule has 0 aliphatic carbocycles. The highest BCUT2D eigenvalue weighted by molar-refractivity contribution is 9.10. The second kappa shape index (κ2) is 5.64. The lowest BCUT2D eigenvalue weighted by atomic mass is 10.1. The van der Waals surface area contributed by atoms with Crippen LogP contribution >= 0.6 is 27.3 Å². The van der Waals surface area contributed by atoms with Crippen LogP contribution in [0.25, 0.3) is 10.1 Å². The van der Waals surface area contributed by atoms with Crippen molar-refractivity contribution < 1.29 is 4.39 Å². The predicted molar refractivity (Wildman–Crippen MR) is 86.6 cm³/mol. The highest BCUT2D eigenvalue weighted by Crippen LogP contribution is 2.31. The average molecular weight is 350 g/mol. The van der Waals surface area contributed by atoms with Crippen LogP contribution in [0.4, 0.5) is 4.39 Å². The van der Waals surface area contributed by atoms with Gasteiger partial charge in [-0.2, -0.15) is 0 Å². The molecule has 0 saturated carbocycles. The molecule has 2 aromatic carbocycles. The molecular formula is C16H13BrFNS. The number of hydrogen-bond donors (Lipinski definition) is 1. The van der Waals surface area contributed by atoms with Gasteiger partial charge < -0.3 is 5.73 Å². The van der Waals surface area contributed by atoms with Gasteiger partial charge >= 0.3 is 0 Å². The van der Waals surface area contributed by atoms with Gasteiger partial charge in [-0.05, 0) is 47.7 Å². The molecular weight excluding hydrogens is 337 g/mol. The Hall–Kier alpha value is -1.23. The van der Waals surface area contributed by atoms with Gasteiger partial charge in [0.25, 0.3) is 0 Å². The van der Waals surface area contributed by atoms with E-state index >= 15 is 0 Å². The van der Waals surface area contributed by atoms with Gasteiger partial charge in [0, 0.05) is 20.1 Å². The summed E-state index contributed by atoms with van der Waals surface area (Å²) in [5.74, 6) is -0.201. The third kappa shape index (κ3) is 2.92. The van der Waals surface area contributed by atoms with Crippen molar-refractivity contribution in [2.24, 2.45) is 5.73 Å². The monoisotopic (exact) mass is 349 g/mol. The first-order chi connectivity index (χ1) is 9.61. The Bertz CT molecular complexity index is 736. The SMILES string of the molecule is NC(Cc1ccc(Br)cc1)c1cc2ccc(F)cc2s1. The van der Waals surface area contributed by atoms with Crippen molar-refractivity contribution in [3.8, 4) is 0 Å². The molecule has 0 aliphatic rings. The summed E-state index contributed by atoms with van der Waals surface area (Å²) in [5, 5.41) is 1.05. The zero-order valence-corrected chi connectivity index (χ0v) is 13.0. The molecule has 3 aromatic rings. The first-order valence-electron chi connectivity index (χ1n) is 6.31. The van der Waals surface area contributed by atoms with E-state index in [1.54, 1.807) is 23.5 Å². The molecule has 0 amide bonds. The van der Waals surface area contributed by atoms with Gasteiger partial charge in [0.2, 0.25) is 0 Å². The van der Waals surface area contributed by atoms with Crippen LogP contribution in [0.5, 0.6) is 0 Å². The molecule has 0 spiro atoms. The fourth-order valence-electron chi connectivity index (χ4n) is 2.18. The van der Waals surface area contributed by atoms with Crippen molar-refractivity contribution in [2.75, 3.05) is 0 Å². The average Bonchev–Trinajstić information content (AvgIpc) is 2.84. The molecule has 0 saturated heterocycles. The van der Waals surface area contributed by atoms with Crippen molar-refractivity contribution in [1.82, 2.24) is 0 Å². The first-order valence-corrected chi connectivity index (χ1v) is 7.92. The third-order valence-corrected chi connectivity index (χ3v) is 4.99. The third-order valence-electron chi connectivity index (χ3n) is 3.24. The molecule has 0 aliphatic heterocycles. The molecule has 1 nitrogen and oxygen atoms in total. The number of benzene rings is 2. The molecule has 0 radical (unpaired) electrons. The van der Waals surface area contributed by atoms with Crippen molar-refractivity contribution in [3.63, 3.8) is 0 Å². The fraction of sp³-hybridized carbons (Fsp3) is 0.125. The second-order valence-corrected chi connectivity index (χ2v) is 6.80. The van der Waals surface area contributed by atoms with E-state index in [0.29, 0.717) is 0 Å². The summed E-state index contributed by atoms with van der Waals surface area (Å²) in [6, 6.07) is 15.0. The van der Waals surface area contributed by atoms with Crippen molar-refractivity contribution in [1.29, 1.82) is 0 Å². The number of hydrogen-bond acceptors (Lipinski definition) is 2. The highest BCUT2D eigenvalue weighted by Gasteiger charge is 2.11. The Balaban J connectivity index is 1.84. The van der Waals surface area contributed by atoms with Crippen molar-refractivity contribution >= 4 is 37.4 Å². The van der Waals surface area contributed by atoms with Gasteiger partial charge in [-0.3, -0.25) is 0 Å². The molecule has 1 aromatic heterocycles. The first kappa shape index (κ1) is 13.7. The minimum atomic E-state index is -0.201. The summed E-state index contributed by atoms with van der Waals surface area (Å²) in [6.45, 7) is 0. The summed E-state index contributed by atoms with van der Waals surface area (Å²) in [4.78, 5) is 1.09. The number of rotatable bonds is 3. The van der Waals surface area contributed by atoms with E-state index in [4.69, 9.17) is 5.73 Å². The van der Waals surface area contributed by atoms with Crippen LogP contribution in [-0.2, 0) is 6.42 Å². The standard InChI is InChI=1S/C16H13BrFNS/c17-12-4-1-10(2-5-12)7-14(19)16-8-11-3-6-13(18)9-15(11)20-16/h1-6,8-9,14H,7,19H2. The molecule has 3 rings (SSSR count). The Kier molecular flexibility index (Phi) is 3.87. The summed E-state index contributed by atoms with van der Waals surface area (Å²) in [6.07, 6.45) is 0.780. The number of nitrogens with two attached hydrogens (primary N) is 1. The maximum Gasteiger partial charge on any atom is 0.124 e. The van der Waals surface area contributed by atoms with E-state index in [-0.39, 0.29) is 11.9 Å². The van der Waals surface area contributed by atoms with Gasteiger partial charge in [-0.1, -0.05) is 34.1 Å². The number of thiophene rings is 1. The van der Waals surface area contributed by atoms with Crippen LogP contribution < -0.4 is 5.73 Å². The van der Waals surface area contributed by atoms with Gasteiger partial charge in [-0.15, -0.1) is 11.3 Å². The molecule has 0 fully saturated rings. The predicted octanol–water partition coefficient (Wildman–Crippen LogP) is 5.05. The minimum absolute atomic E-state index is 0.0587. The quantitative estimate of drug-likeness (QED) is 0.703. The molecule has 1 atom stereocenters. The second-order valence-electron chi connectivity index (χ2n) is 4.77. The summed E-state index contributed by atoms with van der Waals surface area (Å²) >= 11 is 4.99.